The largest absolute Gasteiger partial charge is 0.306 e. The molecule has 1 N–H and O–H groups in total. The molecule has 0 saturated heterocycles. The van der Waals surface area contributed by atoms with Crippen molar-refractivity contribution in [3.8, 4) is 0 Å². The van der Waals surface area contributed by atoms with Crippen molar-refractivity contribution in [3.63, 3.8) is 0 Å². The lowest BCUT2D eigenvalue weighted by atomic mass is 9.96. The Kier molecular flexibility index (Phi) is 4.73. The summed E-state index contributed by atoms with van der Waals surface area (Å²) >= 11 is 5.95. The highest BCUT2D eigenvalue weighted by Gasteiger charge is 2.18. The molecule has 2 aromatic carbocycles. The van der Waals surface area contributed by atoms with Gasteiger partial charge in [0.15, 0.2) is 0 Å². The number of nitrogens with one attached hydrogen (secondary N) is 1. The minimum absolute atomic E-state index is 0.268. The van der Waals surface area contributed by atoms with Crippen LogP contribution in [0.5, 0.6) is 0 Å². The molecule has 2 rings (SSSR count). The van der Waals surface area contributed by atoms with Crippen LogP contribution in [0.3, 0.4) is 0 Å². The Balaban J connectivity index is 2.49. The van der Waals surface area contributed by atoms with Gasteiger partial charge in [0.1, 0.15) is 11.6 Å². The zero-order valence-electron chi connectivity index (χ0n) is 11.4. The Bertz CT molecular complexity index is 613. The van der Waals surface area contributed by atoms with Gasteiger partial charge in [-0.15, -0.1) is 0 Å². The van der Waals surface area contributed by atoms with Crippen LogP contribution in [-0.2, 0) is 0 Å². The van der Waals surface area contributed by atoms with Crippen molar-refractivity contribution in [1.82, 2.24) is 5.32 Å². The van der Waals surface area contributed by atoms with Crippen molar-refractivity contribution in [1.29, 1.82) is 0 Å². The van der Waals surface area contributed by atoms with E-state index in [9.17, 15) is 8.78 Å². The van der Waals surface area contributed by atoms with Gasteiger partial charge >= 0.3 is 0 Å². The van der Waals surface area contributed by atoms with Crippen LogP contribution in [0.4, 0.5) is 8.78 Å². The maximum atomic E-state index is 14.0. The van der Waals surface area contributed by atoms with E-state index in [0.717, 1.165) is 5.56 Å². The van der Waals surface area contributed by atoms with E-state index in [1.807, 2.05) is 6.92 Å². The molecule has 0 aromatic heterocycles. The molecule has 20 heavy (non-hydrogen) atoms. The first-order valence-electron chi connectivity index (χ1n) is 6.47. The van der Waals surface area contributed by atoms with Crippen LogP contribution in [0.1, 0.15) is 29.7 Å². The predicted molar refractivity (Wildman–Crippen MR) is 78.1 cm³/mol. The Morgan fingerprint density at radius 2 is 1.80 bits per heavy atom. The van der Waals surface area contributed by atoms with Crippen molar-refractivity contribution in [2.75, 3.05) is 6.54 Å². The number of benzene rings is 2. The molecule has 0 spiro atoms. The van der Waals surface area contributed by atoms with Crippen LogP contribution in [0.25, 0.3) is 0 Å². The van der Waals surface area contributed by atoms with E-state index in [1.165, 1.54) is 18.2 Å². The standard InChI is InChI=1S/C16H16ClF2N/c1-3-20-16(11-4-6-14(18)10(2)8-11)13-9-12(17)5-7-15(13)19/h4-9,16,20H,3H2,1-2H3. The fourth-order valence-corrected chi connectivity index (χ4v) is 2.38. The third kappa shape index (κ3) is 3.17. The Morgan fingerprint density at radius 1 is 1.10 bits per heavy atom. The molecule has 1 atom stereocenters. The molecule has 0 saturated carbocycles. The van der Waals surface area contributed by atoms with Gasteiger partial charge in [-0.1, -0.05) is 30.7 Å². The second kappa shape index (κ2) is 6.33. The van der Waals surface area contributed by atoms with E-state index < -0.39 is 0 Å². The van der Waals surface area contributed by atoms with Crippen molar-refractivity contribution in [3.05, 3.63) is 69.7 Å². The number of hydrogen-bond acceptors (Lipinski definition) is 1. The van der Waals surface area contributed by atoms with Gasteiger partial charge in [0.25, 0.3) is 0 Å². The van der Waals surface area contributed by atoms with Gasteiger partial charge in [-0.2, -0.15) is 0 Å². The molecule has 106 valence electrons. The molecule has 0 heterocycles. The van der Waals surface area contributed by atoms with Crippen LogP contribution < -0.4 is 5.32 Å². The van der Waals surface area contributed by atoms with Gasteiger partial charge in [0.05, 0.1) is 6.04 Å². The molecule has 1 unspecified atom stereocenters. The highest BCUT2D eigenvalue weighted by molar-refractivity contribution is 6.30. The molecule has 2 aromatic rings. The first-order chi connectivity index (χ1) is 9.52. The van der Waals surface area contributed by atoms with Gasteiger partial charge in [-0.05, 0) is 48.9 Å². The third-order valence-corrected chi connectivity index (χ3v) is 3.43. The van der Waals surface area contributed by atoms with Crippen molar-refractivity contribution >= 4 is 11.6 Å². The Hall–Kier alpha value is -1.45. The van der Waals surface area contributed by atoms with E-state index >= 15 is 0 Å². The first-order valence-corrected chi connectivity index (χ1v) is 6.85. The fraction of sp³-hybridized carbons (Fsp3) is 0.250. The second-order valence-electron chi connectivity index (χ2n) is 4.67. The van der Waals surface area contributed by atoms with Gasteiger partial charge in [-0.25, -0.2) is 8.78 Å². The minimum atomic E-state index is -0.349. The summed E-state index contributed by atoms with van der Waals surface area (Å²) in [4.78, 5) is 0. The SMILES string of the molecule is CCNC(c1ccc(F)c(C)c1)c1cc(Cl)ccc1F. The lowest BCUT2D eigenvalue weighted by Crippen LogP contribution is -2.23. The monoisotopic (exact) mass is 295 g/mol. The van der Waals surface area contributed by atoms with Crippen LogP contribution in [0.15, 0.2) is 36.4 Å². The van der Waals surface area contributed by atoms with Crippen LogP contribution in [0.2, 0.25) is 5.02 Å². The molecule has 4 heteroatoms. The predicted octanol–water partition coefficient (Wildman–Crippen LogP) is 4.63. The Morgan fingerprint density at radius 3 is 2.45 bits per heavy atom. The van der Waals surface area contributed by atoms with Crippen molar-refractivity contribution in [2.24, 2.45) is 0 Å². The minimum Gasteiger partial charge on any atom is -0.306 e. The molecule has 0 radical (unpaired) electrons. The highest BCUT2D eigenvalue weighted by Crippen LogP contribution is 2.28. The molecular formula is C16H16ClF2N. The molecule has 0 aliphatic rings. The van der Waals surface area contributed by atoms with Gasteiger partial charge in [-0.3, -0.25) is 0 Å². The van der Waals surface area contributed by atoms with E-state index in [4.69, 9.17) is 11.6 Å². The smallest absolute Gasteiger partial charge is 0.128 e. The van der Waals surface area contributed by atoms with E-state index in [-0.39, 0.29) is 17.7 Å². The first kappa shape index (κ1) is 14.9. The van der Waals surface area contributed by atoms with E-state index in [0.29, 0.717) is 22.7 Å². The Labute approximate surface area is 122 Å². The number of rotatable bonds is 4. The van der Waals surface area contributed by atoms with Gasteiger partial charge in [0.2, 0.25) is 0 Å². The molecule has 1 nitrogen and oxygen atoms in total. The molecule has 0 bridgehead atoms. The normalized spacial score (nSPS) is 12.4. The van der Waals surface area contributed by atoms with Crippen LogP contribution >= 0.6 is 11.6 Å². The number of halogens is 3. The third-order valence-electron chi connectivity index (χ3n) is 3.19. The molecule has 0 fully saturated rings. The van der Waals surface area contributed by atoms with E-state index in [2.05, 4.69) is 5.32 Å². The van der Waals surface area contributed by atoms with Crippen molar-refractivity contribution < 1.29 is 8.78 Å². The quantitative estimate of drug-likeness (QED) is 0.867. The average molecular weight is 296 g/mol. The van der Waals surface area contributed by atoms with Gasteiger partial charge in [0, 0.05) is 10.6 Å². The lowest BCUT2D eigenvalue weighted by molar-refractivity contribution is 0.557. The lowest BCUT2D eigenvalue weighted by Gasteiger charge is -2.20. The van der Waals surface area contributed by atoms with Crippen LogP contribution in [0, 0.1) is 18.6 Å². The molecule has 0 amide bonds. The topological polar surface area (TPSA) is 12.0 Å². The summed E-state index contributed by atoms with van der Waals surface area (Å²) in [6.45, 7) is 4.29. The van der Waals surface area contributed by atoms with Crippen molar-refractivity contribution in [2.45, 2.75) is 19.9 Å². The zero-order chi connectivity index (χ0) is 14.7. The molecular weight excluding hydrogens is 280 g/mol. The maximum absolute atomic E-state index is 14.0. The summed E-state index contributed by atoms with van der Waals surface area (Å²) in [5.41, 5.74) is 1.81. The summed E-state index contributed by atoms with van der Waals surface area (Å²) in [7, 11) is 0. The van der Waals surface area contributed by atoms with E-state index in [1.54, 1.807) is 25.1 Å². The van der Waals surface area contributed by atoms with Gasteiger partial charge < -0.3 is 5.32 Å². The fourth-order valence-electron chi connectivity index (χ4n) is 2.19. The zero-order valence-corrected chi connectivity index (χ0v) is 12.1. The molecule has 0 aliphatic heterocycles. The number of aryl methyl sites for hydroxylation is 1. The average Bonchev–Trinajstić information content (AvgIpc) is 2.42. The summed E-state index contributed by atoms with van der Waals surface area (Å²) in [5, 5.41) is 3.68. The molecule has 0 aliphatic carbocycles. The summed E-state index contributed by atoms with van der Waals surface area (Å²) in [6, 6.07) is 8.90. The summed E-state index contributed by atoms with van der Waals surface area (Å²) in [6.07, 6.45) is 0. The highest BCUT2D eigenvalue weighted by atomic mass is 35.5. The second-order valence-corrected chi connectivity index (χ2v) is 5.10. The maximum Gasteiger partial charge on any atom is 0.128 e. The van der Waals surface area contributed by atoms with Crippen LogP contribution in [-0.4, -0.2) is 6.54 Å². The summed E-state index contributed by atoms with van der Waals surface area (Å²) < 4.78 is 27.4. The summed E-state index contributed by atoms with van der Waals surface area (Å²) in [5.74, 6) is -0.599. The number of hydrogen-bond donors (Lipinski definition) is 1.